The summed E-state index contributed by atoms with van der Waals surface area (Å²) in [7, 11) is 0. The number of thiophene rings is 1. The zero-order chi connectivity index (χ0) is 24.9. The highest BCUT2D eigenvalue weighted by atomic mass is 32.1. The summed E-state index contributed by atoms with van der Waals surface area (Å²) in [5, 5.41) is 12.0. The standard InChI is InChI=1S/C29H33NO4S/c1-16(10-20-11-18(3)27(31)19(4)12-20)7-8-24-25-17(2)13-22-26(23(25)15-34-24)29(33)30(28(22)32)14-21-6-5-9-35-21/h5-6,9-12,22-24,26,31H,7-8,13-15H2,1-4H3/b16-10+/t22-,23+,24-,26-/m1/s1. The Labute approximate surface area is 211 Å². The number of allylic oxidation sites excluding steroid dienone is 2. The Morgan fingerprint density at radius 3 is 2.60 bits per heavy atom. The minimum absolute atomic E-state index is 0.00170. The van der Waals surface area contributed by atoms with Crippen molar-refractivity contribution in [3.05, 3.63) is 67.9 Å². The number of carbonyl (C=O) groups excluding carboxylic acids is 2. The van der Waals surface area contributed by atoms with Crippen LogP contribution in [0.5, 0.6) is 5.75 Å². The lowest BCUT2D eigenvalue weighted by molar-refractivity contribution is -0.140. The smallest absolute Gasteiger partial charge is 0.234 e. The van der Waals surface area contributed by atoms with Crippen molar-refractivity contribution in [2.75, 3.05) is 6.61 Å². The molecule has 1 N–H and O–H groups in total. The molecule has 2 amide bonds. The van der Waals surface area contributed by atoms with Crippen molar-refractivity contribution in [2.45, 2.75) is 59.6 Å². The molecule has 0 radical (unpaired) electrons. The third kappa shape index (κ3) is 4.38. The number of phenolic OH excluding ortho intramolecular Hbond substituents is 1. The van der Waals surface area contributed by atoms with Crippen LogP contribution in [0.2, 0.25) is 0 Å². The summed E-state index contributed by atoms with van der Waals surface area (Å²) >= 11 is 1.58. The molecule has 0 bridgehead atoms. The van der Waals surface area contributed by atoms with Gasteiger partial charge in [-0.15, -0.1) is 11.3 Å². The average molecular weight is 492 g/mol. The van der Waals surface area contributed by atoms with E-state index in [4.69, 9.17) is 4.74 Å². The van der Waals surface area contributed by atoms with Gasteiger partial charge in [0.2, 0.25) is 11.8 Å². The van der Waals surface area contributed by atoms with Gasteiger partial charge in [0.1, 0.15) is 5.75 Å². The van der Waals surface area contributed by atoms with Crippen LogP contribution in [0.3, 0.4) is 0 Å². The summed E-state index contributed by atoms with van der Waals surface area (Å²) < 4.78 is 6.26. The average Bonchev–Trinajstić information content (AvgIpc) is 3.53. The highest BCUT2D eigenvalue weighted by molar-refractivity contribution is 7.09. The minimum atomic E-state index is -0.286. The van der Waals surface area contributed by atoms with E-state index < -0.39 is 0 Å². The molecule has 1 aromatic heterocycles. The number of fused-ring (bicyclic) bond motifs is 3. The van der Waals surface area contributed by atoms with Crippen LogP contribution in [0.25, 0.3) is 6.08 Å². The number of benzene rings is 1. The number of likely N-dealkylation sites (tertiary alicyclic amines) is 1. The molecule has 2 saturated heterocycles. The Morgan fingerprint density at radius 1 is 1.17 bits per heavy atom. The first-order valence-electron chi connectivity index (χ1n) is 12.4. The fraction of sp³-hybridized carbons (Fsp3) is 0.448. The summed E-state index contributed by atoms with van der Waals surface area (Å²) in [5.41, 5.74) is 6.60. The number of carbonyl (C=O) groups is 2. The Kier molecular flexibility index (Phi) is 6.45. The number of hydrogen-bond donors (Lipinski definition) is 1. The number of hydrogen-bond acceptors (Lipinski definition) is 5. The summed E-state index contributed by atoms with van der Waals surface area (Å²) in [6.45, 7) is 8.99. The molecule has 0 unspecified atom stereocenters. The molecule has 1 aliphatic carbocycles. The van der Waals surface area contributed by atoms with E-state index in [1.54, 1.807) is 11.3 Å². The number of amides is 2. The van der Waals surface area contributed by atoms with Crippen LogP contribution < -0.4 is 0 Å². The molecule has 5 nitrogen and oxygen atoms in total. The Hall–Kier alpha value is -2.70. The molecule has 5 rings (SSSR count). The number of rotatable bonds is 6. The van der Waals surface area contributed by atoms with Crippen molar-refractivity contribution in [3.63, 3.8) is 0 Å². The number of ether oxygens (including phenoxy) is 1. The van der Waals surface area contributed by atoms with Gasteiger partial charge in [0.25, 0.3) is 0 Å². The predicted molar refractivity (Wildman–Crippen MR) is 138 cm³/mol. The van der Waals surface area contributed by atoms with E-state index in [0.29, 0.717) is 25.3 Å². The van der Waals surface area contributed by atoms with Crippen molar-refractivity contribution in [2.24, 2.45) is 17.8 Å². The number of phenols is 1. The first kappa shape index (κ1) is 24.0. The Balaban J connectivity index is 1.29. The molecule has 6 heteroatoms. The van der Waals surface area contributed by atoms with Crippen LogP contribution in [0.4, 0.5) is 0 Å². The fourth-order valence-corrected chi connectivity index (χ4v) is 6.89. The molecule has 184 valence electrons. The monoisotopic (exact) mass is 491 g/mol. The van der Waals surface area contributed by atoms with E-state index in [2.05, 4.69) is 19.9 Å². The molecule has 4 atom stereocenters. The van der Waals surface area contributed by atoms with E-state index in [0.717, 1.165) is 34.4 Å². The number of aromatic hydroxyl groups is 1. The molecule has 3 aliphatic rings. The van der Waals surface area contributed by atoms with Crippen LogP contribution >= 0.6 is 11.3 Å². The molecule has 35 heavy (non-hydrogen) atoms. The van der Waals surface area contributed by atoms with Gasteiger partial charge in [-0.25, -0.2) is 0 Å². The highest BCUT2D eigenvalue weighted by Gasteiger charge is 2.56. The topological polar surface area (TPSA) is 66.8 Å². The number of aryl methyl sites for hydroxylation is 2. The van der Waals surface area contributed by atoms with Crippen molar-refractivity contribution in [1.82, 2.24) is 4.90 Å². The summed E-state index contributed by atoms with van der Waals surface area (Å²) in [4.78, 5) is 29.1. The van der Waals surface area contributed by atoms with Gasteiger partial charge in [-0.05, 0) is 92.8 Å². The molecule has 2 aromatic rings. The van der Waals surface area contributed by atoms with Crippen LogP contribution in [0.1, 0.15) is 54.7 Å². The molecule has 2 fully saturated rings. The van der Waals surface area contributed by atoms with Crippen LogP contribution in [-0.2, 0) is 20.9 Å². The van der Waals surface area contributed by atoms with E-state index in [1.807, 2.05) is 43.5 Å². The Morgan fingerprint density at radius 2 is 1.91 bits per heavy atom. The first-order chi connectivity index (χ1) is 16.7. The fourth-order valence-electron chi connectivity index (χ4n) is 6.20. The van der Waals surface area contributed by atoms with Crippen LogP contribution in [-0.4, -0.2) is 34.5 Å². The summed E-state index contributed by atoms with van der Waals surface area (Å²) in [6.07, 6.45) is 4.58. The van der Waals surface area contributed by atoms with Gasteiger partial charge >= 0.3 is 0 Å². The van der Waals surface area contributed by atoms with E-state index in [1.165, 1.54) is 21.6 Å². The van der Waals surface area contributed by atoms with Crippen LogP contribution in [0.15, 0.2) is 46.4 Å². The van der Waals surface area contributed by atoms with E-state index in [9.17, 15) is 14.7 Å². The molecule has 0 spiro atoms. The maximum Gasteiger partial charge on any atom is 0.234 e. The maximum atomic E-state index is 13.4. The quantitative estimate of drug-likeness (QED) is 0.410. The first-order valence-corrected chi connectivity index (χ1v) is 13.3. The van der Waals surface area contributed by atoms with Gasteiger partial charge in [-0.1, -0.05) is 23.3 Å². The summed E-state index contributed by atoms with van der Waals surface area (Å²) in [5.74, 6) is -0.213. The van der Waals surface area contributed by atoms with Gasteiger partial charge in [-0.2, -0.15) is 0 Å². The lowest BCUT2D eigenvalue weighted by Crippen LogP contribution is -2.34. The molecule has 0 saturated carbocycles. The van der Waals surface area contributed by atoms with Gasteiger partial charge in [0.05, 0.1) is 31.1 Å². The lowest BCUT2D eigenvalue weighted by atomic mass is 9.70. The van der Waals surface area contributed by atoms with Crippen molar-refractivity contribution >= 4 is 29.2 Å². The van der Waals surface area contributed by atoms with E-state index >= 15 is 0 Å². The van der Waals surface area contributed by atoms with Crippen LogP contribution in [0, 0.1) is 31.6 Å². The lowest BCUT2D eigenvalue weighted by Gasteiger charge is -2.30. The number of imide groups is 1. The van der Waals surface area contributed by atoms with Crippen molar-refractivity contribution in [3.8, 4) is 5.75 Å². The molecular weight excluding hydrogens is 458 g/mol. The summed E-state index contributed by atoms with van der Waals surface area (Å²) in [6, 6.07) is 7.95. The minimum Gasteiger partial charge on any atom is -0.507 e. The van der Waals surface area contributed by atoms with Gasteiger partial charge in [0, 0.05) is 10.8 Å². The predicted octanol–water partition coefficient (Wildman–Crippen LogP) is 5.79. The molecule has 1 aromatic carbocycles. The molecule has 2 aliphatic heterocycles. The zero-order valence-electron chi connectivity index (χ0n) is 20.8. The van der Waals surface area contributed by atoms with Gasteiger partial charge < -0.3 is 9.84 Å². The maximum absolute atomic E-state index is 13.4. The zero-order valence-corrected chi connectivity index (χ0v) is 21.7. The second kappa shape index (κ2) is 9.40. The third-order valence-corrected chi connectivity index (χ3v) is 8.73. The highest BCUT2D eigenvalue weighted by Crippen LogP contribution is 2.50. The van der Waals surface area contributed by atoms with Gasteiger partial charge in [-0.3, -0.25) is 14.5 Å². The molecular formula is C29H33NO4S. The third-order valence-electron chi connectivity index (χ3n) is 7.86. The SMILES string of the molecule is CC1=C2[C@@H](CC/C(C)=C/c3cc(C)c(O)c(C)c3)OC[C@@H]2[C@@H]2C(=O)N(Cc3cccs3)C(=O)[C@@H]2C1. The second-order valence-corrected chi connectivity index (χ2v) is 11.4. The van der Waals surface area contributed by atoms with Gasteiger partial charge in [0.15, 0.2) is 0 Å². The largest absolute Gasteiger partial charge is 0.507 e. The molecule has 3 heterocycles. The van der Waals surface area contributed by atoms with E-state index in [-0.39, 0.29) is 35.7 Å². The Bertz CT molecular complexity index is 1200. The second-order valence-electron chi connectivity index (χ2n) is 10.4. The van der Waals surface area contributed by atoms with Crippen molar-refractivity contribution in [1.29, 1.82) is 0 Å². The van der Waals surface area contributed by atoms with Crippen molar-refractivity contribution < 1.29 is 19.4 Å². The normalized spacial score (nSPS) is 26.5. The number of nitrogens with zero attached hydrogens (tertiary/aromatic N) is 1.